The zero-order chi connectivity index (χ0) is 14.4. The fourth-order valence-electron chi connectivity index (χ4n) is 2.24. The van der Waals surface area contributed by atoms with Crippen molar-refractivity contribution in [1.29, 1.82) is 5.26 Å². The number of rotatable bonds is 5. The van der Waals surface area contributed by atoms with Crippen molar-refractivity contribution >= 4 is 5.69 Å². The molecule has 1 saturated heterocycles. The first-order chi connectivity index (χ1) is 9.70. The van der Waals surface area contributed by atoms with Crippen LogP contribution in [0.2, 0.25) is 0 Å². The fourth-order valence-corrected chi connectivity index (χ4v) is 2.24. The van der Waals surface area contributed by atoms with Crippen LogP contribution in [0, 0.1) is 27.4 Å². The maximum absolute atomic E-state index is 10.7. The van der Waals surface area contributed by atoms with E-state index in [1.165, 1.54) is 25.0 Å². The van der Waals surface area contributed by atoms with Crippen LogP contribution in [0.3, 0.4) is 0 Å². The van der Waals surface area contributed by atoms with Crippen LogP contribution in [0.5, 0.6) is 5.88 Å². The molecule has 0 spiro atoms. The summed E-state index contributed by atoms with van der Waals surface area (Å²) < 4.78 is 5.47. The average molecular weight is 276 g/mol. The maximum atomic E-state index is 10.7. The summed E-state index contributed by atoms with van der Waals surface area (Å²) in [6.07, 6.45) is 3.28. The van der Waals surface area contributed by atoms with E-state index in [0.717, 1.165) is 19.5 Å². The number of hydrogen-bond donors (Lipinski definition) is 1. The molecule has 20 heavy (non-hydrogen) atoms. The first kappa shape index (κ1) is 14.2. The number of hydrogen-bond acceptors (Lipinski definition) is 6. The van der Waals surface area contributed by atoms with Crippen LogP contribution in [0.15, 0.2) is 12.1 Å². The Morgan fingerprint density at radius 3 is 3.10 bits per heavy atom. The van der Waals surface area contributed by atoms with Gasteiger partial charge in [-0.15, -0.1) is 0 Å². The number of nitro groups is 1. The minimum Gasteiger partial charge on any atom is -0.478 e. The smallest absolute Gasteiger partial charge is 0.305 e. The van der Waals surface area contributed by atoms with Crippen molar-refractivity contribution in [2.45, 2.75) is 19.3 Å². The SMILES string of the molecule is N#Cc1nc(OCCC2CCCNC2)ccc1[N+](=O)[O-]. The average Bonchev–Trinajstić information content (AvgIpc) is 2.48. The van der Waals surface area contributed by atoms with Gasteiger partial charge in [-0.25, -0.2) is 0 Å². The quantitative estimate of drug-likeness (QED) is 0.648. The third-order valence-electron chi connectivity index (χ3n) is 3.33. The van der Waals surface area contributed by atoms with E-state index in [1.807, 2.05) is 0 Å². The van der Waals surface area contributed by atoms with Crippen molar-refractivity contribution in [3.63, 3.8) is 0 Å². The molecule has 0 radical (unpaired) electrons. The number of ether oxygens (including phenoxy) is 1. The first-order valence-electron chi connectivity index (χ1n) is 6.59. The Morgan fingerprint density at radius 2 is 2.45 bits per heavy atom. The highest BCUT2D eigenvalue weighted by Gasteiger charge is 2.17. The van der Waals surface area contributed by atoms with Gasteiger partial charge >= 0.3 is 5.69 Å². The summed E-state index contributed by atoms with van der Waals surface area (Å²) in [5.41, 5.74) is -0.511. The van der Waals surface area contributed by atoms with E-state index >= 15 is 0 Å². The lowest BCUT2D eigenvalue weighted by Gasteiger charge is -2.22. The molecule has 1 aromatic heterocycles. The molecule has 0 saturated carbocycles. The second kappa shape index (κ2) is 6.82. The summed E-state index contributed by atoms with van der Waals surface area (Å²) in [5.74, 6) is 0.855. The third-order valence-corrected chi connectivity index (χ3v) is 3.33. The molecule has 0 bridgehead atoms. The van der Waals surface area contributed by atoms with Gasteiger partial charge in [0.1, 0.15) is 6.07 Å². The Morgan fingerprint density at radius 1 is 1.60 bits per heavy atom. The van der Waals surface area contributed by atoms with Crippen molar-refractivity contribution in [3.8, 4) is 11.9 Å². The Bertz CT molecular complexity index is 521. The molecule has 2 rings (SSSR count). The normalized spacial score (nSPS) is 18.2. The minimum atomic E-state index is -0.622. The summed E-state index contributed by atoms with van der Waals surface area (Å²) in [4.78, 5) is 13.9. The number of piperidine rings is 1. The van der Waals surface area contributed by atoms with Crippen LogP contribution < -0.4 is 10.1 Å². The molecule has 0 aliphatic carbocycles. The molecule has 1 atom stereocenters. The van der Waals surface area contributed by atoms with E-state index in [-0.39, 0.29) is 17.3 Å². The lowest BCUT2D eigenvalue weighted by atomic mass is 9.97. The van der Waals surface area contributed by atoms with E-state index in [9.17, 15) is 10.1 Å². The summed E-state index contributed by atoms with van der Waals surface area (Å²) in [6, 6.07) is 4.40. The van der Waals surface area contributed by atoms with E-state index in [2.05, 4.69) is 10.3 Å². The van der Waals surface area contributed by atoms with Crippen LogP contribution in [0.4, 0.5) is 5.69 Å². The Balaban J connectivity index is 1.90. The van der Waals surface area contributed by atoms with Crippen molar-refractivity contribution in [1.82, 2.24) is 10.3 Å². The molecule has 1 fully saturated rings. The largest absolute Gasteiger partial charge is 0.478 e. The summed E-state index contributed by atoms with van der Waals surface area (Å²) in [6.45, 7) is 2.58. The number of pyridine rings is 1. The van der Waals surface area contributed by atoms with Crippen LogP contribution in [0.25, 0.3) is 0 Å². The van der Waals surface area contributed by atoms with Gasteiger partial charge < -0.3 is 10.1 Å². The summed E-state index contributed by atoms with van der Waals surface area (Å²) in [5, 5.41) is 22.9. The number of nitrogens with zero attached hydrogens (tertiary/aromatic N) is 3. The van der Waals surface area contributed by atoms with Crippen LogP contribution in [0.1, 0.15) is 25.0 Å². The molecule has 1 N–H and O–H groups in total. The van der Waals surface area contributed by atoms with Crippen LogP contribution in [-0.4, -0.2) is 29.6 Å². The third kappa shape index (κ3) is 3.65. The highest BCUT2D eigenvalue weighted by Crippen LogP contribution is 2.20. The standard InChI is InChI=1S/C13H16N4O3/c14-8-11-12(17(18)19)3-4-13(16-11)20-7-5-10-2-1-6-15-9-10/h3-4,10,15H,1-2,5-7,9H2. The molecule has 1 unspecified atom stereocenters. The summed E-state index contributed by atoms with van der Waals surface area (Å²) >= 11 is 0. The summed E-state index contributed by atoms with van der Waals surface area (Å²) in [7, 11) is 0. The molecule has 7 heteroatoms. The zero-order valence-electron chi connectivity index (χ0n) is 11.0. The van der Waals surface area contributed by atoms with Gasteiger partial charge in [0, 0.05) is 12.1 Å². The topological polar surface area (TPSA) is 101 Å². The minimum absolute atomic E-state index is 0.216. The first-order valence-corrected chi connectivity index (χ1v) is 6.59. The maximum Gasteiger partial charge on any atom is 0.305 e. The number of aromatic nitrogens is 1. The molecule has 1 aliphatic heterocycles. The predicted octanol–water partition coefficient (Wildman–Crippen LogP) is 1.63. The highest BCUT2D eigenvalue weighted by atomic mass is 16.6. The second-order valence-electron chi connectivity index (χ2n) is 4.74. The van der Waals surface area contributed by atoms with Crippen molar-refractivity contribution < 1.29 is 9.66 Å². The molecule has 0 amide bonds. The van der Waals surface area contributed by atoms with Gasteiger partial charge in [0.15, 0.2) is 0 Å². The number of nitrogens with one attached hydrogen (secondary N) is 1. The molecule has 106 valence electrons. The van der Waals surface area contributed by atoms with Gasteiger partial charge in [-0.2, -0.15) is 10.2 Å². The van der Waals surface area contributed by atoms with Gasteiger partial charge in [-0.1, -0.05) is 0 Å². The fraction of sp³-hybridized carbons (Fsp3) is 0.538. The van der Waals surface area contributed by atoms with Crippen molar-refractivity contribution in [2.24, 2.45) is 5.92 Å². The van der Waals surface area contributed by atoms with Crippen LogP contribution >= 0.6 is 0 Å². The van der Waals surface area contributed by atoms with Gasteiger partial charge in [-0.05, 0) is 38.3 Å². The predicted molar refractivity (Wildman–Crippen MR) is 71.3 cm³/mol. The van der Waals surface area contributed by atoms with E-state index < -0.39 is 4.92 Å². The second-order valence-corrected chi connectivity index (χ2v) is 4.74. The van der Waals surface area contributed by atoms with Crippen LogP contribution in [-0.2, 0) is 0 Å². The number of nitriles is 1. The lowest BCUT2D eigenvalue weighted by molar-refractivity contribution is -0.385. The monoisotopic (exact) mass is 276 g/mol. The molecule has 7 nitrogen and oxygen atoms in total. The molecule has 0 aromatic carbocycles. The van der Waals surface area contributed by atoms with E-state index in [0.29, 0.717) is 12.5 Å². The molecule has 1 aromatic rings. The highest BCUT2D eigenvalue weighted by molar-refractivity contribution is 5.45. The molecule has 2 heterocycles. The van der Waals surface area contributed by atoms with Gasteiger partial charge in [-0.3, -0.25) is 10.1 Å². The molecular weight excluding hydrogens is 260 g/mol. The molecule has 1 aliphatic rings. The Kier molecular flexibility index (Phi) is 4.85. The van der Waals surface area contributed by atoms with E-state index in [4.69, 9.17) is 10.00 Å². The van der Waals surface area contributed by atoms with Gasteiger partial charge in [0.05, 0.1) is 11.5 Å². The zero-order valence-corrected chi connectivity index (χ0v) is 11.0. The van der Waals surface area contributed by atoms with Gasteiger partial charge in [0.25, 0.3) is 0 Å². The van der Waals surface area contributed by atoms with Crippen molar-refractivity contribution in [3.05, 3.63) is 27.9 Å². The van der Waals surface area contributed by atoms with Gasteiger partial charge in [0.2, 0.25) is 11.6 Å². The van der Waals surface area contributed by atoms with E-state index in [1.54, 1.807) is 6.07 Å². The molecular formula is C13H16N4O3. The Labute approximate surface area is 116 Å². The lowest BCUT2D eigenvalue weighted by Crippen LogP contribution is -2.30. The Hall–Kier alpha value is -2.20. The van der Waals surface area contributed by atoms with Crippen molar-refractivity contribution in [2.75, 3.05) is 19.7 Å².